The zero-order valence-corrected chi connectivity index (χ0v) is 13.2. The Morgan fingerprint density at radius 2 is 2.05 bits per heavy atom. The smallest absolute Gasteiger partial charge is 0.175 e. The molecule has 22 heavy (non-hydrogen) atoms. The molecule has 0 saturated heterocycles. The predicted molar refractivity (Wildman–Crippen MR) is 87.7 cm³/mol. The lowest BCUT2D eigenvalue weighted by molar-refractivity contribution is 0.601. The number of anilines is 1. The molecule has 0 bridgehead atoms. The Hall–Kier alpha value is -2.34. The van der Waals surface area contributed by atoms with Crippen molar-refractivity contribution in [3.05, 3.63) is 53.7 Å². The van der Waals surface area contributed by atoms with Gasteiger partial charge in [-0.15, -0.1) is 0 Å². The third-order valence-electron chi connectivity index (χ3n) is 3.63. The van der Waals surface area contributed by atoms with Crippen molar-refractivity contribution in [2.75, 3.05) is 11.6 Å². The van der Waals surface area contributed by atoms with Crippen LogP contribution < -0.4 is 5.32 Å². The summed E-state index contributed by atoms with van der Waals surface area (Å²) in [6, 6.07) is 11.4. The number of para-hydroxylation sites is 1. The summed E-state index contributed by atoms with van der Waals surface area (Å²) in [5.74, 6) is 0. The summed E-state index contributed by atoms with van der Waals surface area (Å²) in [5.41, 5.74) is 3.60. The number of aryl methyl sites for hydroxylation is 1. The maximum Gasteiger partial charge on any atom is 0.175 e. The van der Waals surface area contributed by atoms with E-state index in [1.807, 2.05) is 30.3 Å². The van der Waals surface area contributed by atoms with Crippen molar-refractivity contribution < 1.29 is 8.42 Å². The highest BCUT2D eigenvalue weighted by Crippen LogP contribution is 2.22. The second kappa shape index (κ2) is 5.46. The van der Waals surface area contributed by atoms with Crippen LogP contribution in [0.3, 0.4) is 0 Å². The van der Waals surface area contributed by atoms with Crippen molar-refractivity contribution in [1.29, 1.82) is 0 Å². The van der Waals surface area contributed by atoms with Crippen LogP contribution in [-0.2, 0) is 16.4 Å². The molecule has 2 N–H and O–H groups in total. The largest absolute Gasteiger partial charge is 0.381 e. The van der Waals surface area contributed by atoms with Gasteiger partial charge in [0.2, 0.25) is 0 Å². The predicted octanol–water partition coefficient (Wildman–Crippen LogP) is 2.89. The van der Waals surface area contributed by atoms with E-state index in [1.165, 1.54) is 6.26 Å². The fraction of sp³-hybridized carbons (Fsp3) is 0.188. The van der Waals surface area contributed by atoms with E-state index in [0.717, 1.165) is 27.7 Å². The molecule has 0 aliphatic rings. The summed E-state index contributed by atoms with van der Waals surface area (Å²) in [5, 5.41) is 11.4. The second-order valence-electron chi connectivity index (χ2n) is 5.36. The molecule has 1 heterocycles. The molecule has 0 radical (unpaired) electrons. The Labute approximate surface area is 129 Å². The topological polar surface area (TPSA) is 74.8 Å². The maximum atomic E-state index is 11.8. The molecule has 2 aromatic carbocycles. The average molecular weight is 315 g/mol. The van der Waals surface area contributed by atoms with Crippen molar-refractivity contribution in [2.45, 2.75) is 18.4 Å². The third kappa shape index (κ3) is 2.82. The molecule has 0 saturated carbocycles. The summed E-state index contributed by atoms with van der Waals surface area (Å²) >= 11 is 0. The molecule has 0 amide bonds. The molecule has 6 heteroatoms. The van der Waals surface area contributed by atoms with Gasteiger partial charge in [-0.1, -0.05) is 24.3 Å². The van der Waals surface area contributed by atoms with Crippen molar-refractivity contribution in [3.8, 4) is 0 Å². The molecule has 0 spiro atoms. The van der Waals surface area contributed by atoms with Crippen molar-refractivity contribution in [3.63, 3.8) is 0 Å². The van der Waals surface area contributed by atoms with Gasteiger partial charge >= 0.3 is 0 Å². The van der Waals surface area contributed by atoms with Gasteiger partial charge in [-0.3, -0.25) is 5.10 Å². The molecule has 0 unspecified atom stereocenters. The Morgan fingerprint density at radius 3 is 2.82 bits per heavy atom. The minimum absolute atomic E-state index is 0.359. The lowest BCUT2D eigenvalue weighted by Crippen LogP contribution is -2.04. The molecule has 0 aliphatic carbocycles. The number of nitrogens with zero attached hydrogens (tertiary/aromatic N) is 1. The fourth-order valence-electron chi connectivity index (χ4n) is 2.48. The summed E-state index contributed by atoms with van der Waals surface area (Å²) in [4.78, 5) is 0.359. The van der Waals surface area contributed by atoms with E-state index in [9.17, 15) is 8.42 Å². The highest BCUT2D eigenvalue weighted by Gasteiger charge is 2.11. The molecule has 114 valence electrons. The van der Waals surface area contributed by atoms with Crippen LogP contribution in [0.5, 0.6) is 0 Å². The average Bonchev–Trinajstić information content (AvgIpc) is 2.94. The number of aromatic nitrogens is 2. The molecular weight excluding hydrogens is 298 g/mol. The lowest BCUT2D eigenvalue weighted by Gasteiger charge is -2.10. The number of sulfone groups is 1. The highest BCUT2D eigenvalue weighted by atomic mass is 32.2. The Morgan fingerprint density at radius 1 is 1.23 bits per heavy atom. The van der Waals surface area contributed by atoms with Crippen LogP contribution in [0.4, 0.5) is 5.69 Å². The zero-order chi connectivity index (χ0) is 15.7. The first-order valence-electron chi connectivity index (χ1n) is 6.91. The van der Waals surface area contributed by atoms with Crippen LogP contribution in [-0.4, -0.2) is 24.9 Å². The van der Waals surface area contributed by atoms with E-state index in [2.05, 4.69) is 15.5 Å². The van der Waals surface area contributed by atoms with Crippen LogP contribution in [0.15, 0.2) is 47.5 Å². The number of fused-ring (bicyclic) bond motifs is 1. The molecule has 0 aliphatic heterocycles. The number of hydrogen-bond acceptors (Lipinski definition) is 4. The third-order valence-corrected chi connectivity index (χ3v) is 4.87. The van der Waals surface area contributed by atoms with Gasteiger partial charge in [-0.2, -0.15) is 5.10 Å². The minimum atomic E-state index is -3.22. The summed E-state index contributed by atoms with van der Waals surface area (Å²) in [6.07, 6.45) is 3.01. The Bertz CT molecular complexity index is 929. The molecule has 5 nitrogen and oxygen atoms in total. The van der Waals surface area contributed by atoms with Gasteiger partial charge in [-0.25, -0.2) is 8.42 Å². The molecule has 0 fully saturated rings. The Balaban J connectivity index is 1.87. The van der Waals surface area contributed by atoms with E-state index >= 15 is 0 Å². The first-order valence-corrected chi connectivity index (χ1v) is 8.80. The van der Waals surface area contributed by atoms with E-state index in [4.69, 9.17) is 0 Å². The molecular formula is C16H17N3O2S. The van der Waals surface area contributed by atoms with E-state index in [0.29, 0.717) is 11.4 Å². The lowest BCUT2D eigenvalue weighted by atomic mass is 10.1. The number of benzene rings is 2. The molecule has 3 rings (SSSR count). The van der Waals surface area contributed by atoms with Gasteiger partial charge in [-0.05, 0) is 30.2 Å². The summed E-state index contributed by atoms with van der Waals surface area (Å²) in [7, 11) is -3.22. The zero-order valence-electron chi connectivity index (χ0n) is 12.4. The standard InChI is InChI=1S/C16H17N3O2S/c1-11-6-7-14(8-15(11)22(2,20)21)17-9-12-4-3-5-13-10-18-19-16(12)13/h3-8,10,17H,9H2,1-2H3,(H,18,19). The van der Waals surface area contributed by atoms with Crippen LogP contribution >= 0.6 is 0 Å². The molecule has 0 atom stereocenters. The quantitative estimate of drug-likeness (QED) is 0.776. The molecule has 1 aromatic heterocycles. The van der Waals surface area contributed by atoms with Crippen molar-refractivity contribution in [2.24, 2.45) is 0 Å². The number of H-pyrrole nitrogens is 1. The van der Waals surface area contributed by atoms with Crippen LogP contribution in [0.25, 0.3) is 10.9 Å². The maximum absolute atomic E-state index is 11.8. The first kappa shape index (κ1) is 14.6. The monoisotopic (exact) mass is 315 g/mol. The van der Waals surface area contributed by atoms with Gasteiger partial charge in [0.05, 0.1) is 16.6 Å². The first-order chi connectivity index (χ1) is 10.4. The van der Waals surface area contributed by atoms with Crippen LogP contribution in [0.1, 0.15) is 11.1 Å². The van der Waals surface area contributed by atoms with E-state index in [-0.39, 0.29) is 0 Å². The number of hydrogen-bond donors (Lipinski definition) is 2. The van der Waals surface area contributed by atoms with Crippen molar-refractivity contribution >= 4 is 26.4 Å². The van der Waals surface area contributed by atoms with Gasteiger partial charge in [0, 0.05) is 23.9 Å². The number of nitrogens with one attached hydrogen (secondary N) is 2. The van der Waals surface area contributed by atoms with E-state index < -0.39 is 9.84 Å². The normalized spacial score (nSPS) is 11.7. The minimum Gasteiger partial charge on any atom is -0.381 e. The highest BCUT2D eigenvalue weighted by molar-refractivity contribution is 7.90. The number of aromatic amines is 1. The molecule has 3 aromatic rings. The number of rotatable bonds is 4. The van der Waals surface area contributed by atoms with Crippen LogP contribution in [0.2, 0.25) is 0 Å². The van der Waals surface area contributed by atoms with Gasteiger partial charge in [0.1, 0.15) is 0 Å². The van der Waals surface area contributed by atoms with E-state index in [1.54, 1.807) is 19.2 Å². The second-order valence-corrected chi connectivity index (χ2v) is 7.34. The van der Waals surface area contributed by atoms with Gasteiger partial charge in [0.15, 0.2) is 9.84 Å². The summed E-state index contributed by atoms with van der Waals surface area (Å²) in [6.45, 7) is 2.39. The van der Waals surface area contributed by atoms with Gasteiger partial charge < -0.3 is 5.32 Å². The Kier molecular flexibility index (Phi) is 3.62. The van der Waals surface area contributed by atoms with Crippen molar-refractivity contribution in [1.82, 2.24) is 10.2 Å². The van der Waals surface area contributed by atoms with Crippen LogP contribution in [0, 0.1) is 6.92 Å². The summed E-state index contributed by atoms with van der Waals surface area (Å²) < 4.78 is 23.6. The SMILES string of the molecule is Cc1ccc(NCc2cccc3cn[nH]c23)cc1S(C)(=O)=O. The fourth-order valence-corrected chi connectivity index (χ4v) is 3.48. The van der Waals surface area contributed by atoms with Gasteiger partial charge in [0.25, 0.3) is 0 Å².